The highest BCUT2D eigenvalue weighted by Crippen LogP contribution is 2.15. The predicted octanol–water partition coefficient (Wildman–Crippen LogP) is 0.894. The summed E-state index contributed by atoms with van der Waals surface area (Å²) >= 11 is 1.16. The molecule has 2 rings (SSSR count). The zero-order valence-electron chi connectivity index (χ0n) is 15.8. The fourth-order valence-corrected chi connectivity index (χ4v) is 4.44. The number of piperazine rings is 1. The zero-order chi connectivity index (χ0) is 20.1. The molecule has 1 saturated heterocycles. The summed E-state index contributed by atoms with van der Waals surface area (Å²) in [5.74, 6) is 0.342. The van der Waals surface area contributed by atoms with Crippen LogP contribution < -0.4 is 10.5 Å². The smallest absolute Gasteiger partial charge is 0.410 e. The lowest BCUT2D eigenvalue weighted by Crippen LogP contribution is -2.53. The van der Waals surface area contributed by atoms with Crippen molar-refractivity contribution in [2.45, 2.75) is 30.6 Å². The van der Waals surface area contributed by atoms with Crippen molar-refractivity contribution in [1.82, 2.24) is 14.5 Å². The standard InChI is InChI=1S/C16H27N5O4S2/c1-16(2,3)25-15(22)21-10-8-20(9-11-21)14(17)18-6-7-19-27(23,24)13-5-4-12-26-13/h4-5,12,19H,6-11H2,1-3H3,(H2,17,18). The van der Waals surface area contributed by atoms with Crippen molar-refractivity contribution in [3.05, 3.63) is 17.5 Å². The van der Waals surface area contributed by atoms with Crippen LogP contribution in [0.1, 0.15) is 20.8 Å². The van der Waals surface area contributed by atoms with Crippen LogP contribution in [-0.2, 0) is 14.8 Å². The van der Waals surface area contributed by atoms with Gasteiger partial charge in [-0.3, -0.25) is 4.99 Å². The van der Waals surface area contributed by atoms with E-state index < -0.39 is 15.6 Å². The van der Waals surface area contributed by atoms with Gasteiger partial charge in [-0.15, -0.1) is 11.3 Å². The van der Waals surface area contributed by atoms with Crippen LogP contribution in [0.5, 0.6) is 0 Å². The Hall–Kier alpha value is -1.85. The van der Waals surface area contributed by atoms with Gasteiger partial charge in [-0.25, -0.2) is 17.9 Å². The normalized spacial score (nSPS) is 16.5. The number of nitrogens with two attached hydrogens (primary N) is 1. The highest BCUT2D eigenvalue weighted by molar-refractivity contribution is 7.91. The lowest BCUT2D eigenvalue weighted by Gasteiger charge is -2.36. The molecule has 0 unspecified atom stereocenters. The third-order valence-electron chi connectivity index (χ3n) is 3.69. The zero-order valence-corrected chi connectivity index (χ0v) is 17.5. The Bertz CT molecular complexity index is 748. The van der Waals surface area contributed by atoms with Gasteiger partial charge in [0.05, 0.1) is 6.54 Å². The van der Waals surface area contributed by atoms with E-state index in [9.17, 15) is 13.2 Å². The van der Waals surface area contributed by atoms with E-state index in [1.807, 2.05) is 25.7 Å². The van der Waals surface area contributed by atoms with E-state index in [1.165, 1.54) is 0 Å². The van der Waals surface area contributed by atoms with Gasteiger partial charge in [-0.1, -0.05) is 6.07 Å². The minimum absolute atomic E-state index is 0.165. The molecule has 0 spiro atoms. The van der Waals surface area contributed by atoms with E-state index in [4.69, 9.17) is 10.5 Å². The lowest BCUT2D eigenvalue weighted by atomic mass is 10.2. The van der Waals surface area contributed by atoms with Gasteiger partial charge in [0, 0.05) is 32.7 Å². The molecule has 11 heteroatoms. The second kappa shape index (κ2) is 8.89. The summed E-state index contributed by atoms with van der Waals surface area (Å²) in [5, 5.41) is 1.71. The summed E-state index contributed by atoms with van der Waals surface area (Å²) < 4.78 is 32.1. The van der Waals surface area contributed by atoms with E-state index in [-0.39, 0.29) is 23.4 Å². The number of sulfonamides is 1. The Balaban J connectivity index is 1.75. The summed E-state index contributed by atoms with van der Waals surface area (Å²) in [6.45, 7) is 7.99. The van der Waals surface area contributed by atoms with Crippen molar-refractivity contribution in [2.75, 3.05) is 39.3 Å². The maximum Gasteiger partial charge on any atom is 0.410 e. The van der Waals surface area contributed by atoms with Crippen LogP contribution in [0.25, 0.3) is 0 Å². The molecule has 1 aliphatic rings. The Morgan fingerprint density at radius 2 is 1.93 bits per heavy atom. The van der Waals surface area contributed by atoms with E-state index in [1.54, 1.807) is 22.4 Å². The van der Waals surface area contributed by atoms with Crippen LogP contribution in [0.4, 0.5) is 4.79 Å². The number of rotatable bonds is 5. The number of guanidine groups is 1. The minimum atomic E-state index is -3.48. The van der Waals surface area contributed by atoms with Crippen molar-refractivity contribution < 1.29 is 17.9 Å². The van der Waals surface area contributed by atoms with Crippen molar-refractivity contribution in [2.24, 2.45) is 10.7 Å². The van der Waals surface area contributed by atoms with Gasteiger partial charge in [0.1, 0.15) is 9.81 Å². The quantitative estimate of drug-likeness (QED) is 0.417. The van der Waals surface area contributed by atoms with Crippen molar-refractivity contribution in [1.29, 1.82) is 0 Å². The monoisotopic (exact) mass is 417 g/mol. The first-order valence-corrected chi connectivity index (χ1v) is 11.0. The predicted molar refractivity (Wildman–Crippen MR) is 105 cm³/mol. The third kappa shape index (κ3) is 6.67. The molecule has 0 radical (unpaired) electrons. The number of aliphatic imine (C=N–C) groups is 1. The number of hydrogen-bond acceptors (Lipinski definition) is 6. The summed E-state index contributed by atoms with van der Waals surface area (Å²) in [6.07, 6.45) is -0.333. The van der Waals surface area contributed by atoms with E-state index >= 15 is 0 Å². The maximum absolute atomic E-state index is 12.1. The number of thiophene rings is 1. The molecular weight excluding hydrogens is 390 g/mol. The van der Waals surface area contributed by atoms with Crippen LogP contribution in [0, 0.1) is 0 Å². The molecule has 2 heterocycles. The molecule has 0 saturated carbocycles. The van der Waals surface area contributed by atoms with Crippen LogP contribution >= 0.6 is 11.3 Å². The Morgan fingerprint density at radius 3 is 2.48 bits per heavy atom. The largest absolute Gasteiger partial charge is 0.444 e. The molecule has 9 nitrogen and oxygen atoms in total. The molecule has 3 N–H and O–H groups in total. The molecule has 1 aliphatic heterocycles. The molecular formula is C16H27N5O4S2. The maximum atomic E-state index is 12.1. The average molecular weight is 418 g/mol. The summed E-state index contributed by atoms with van der Waals surface area (Å²) in [5.41, 5.74) is 5.46. The topological polar surface area (TPSA) is 117 Å². The van der Waals surface area contributed by atoms with Gasteiger partial charge in [0.15, 0.2) is 5.96 Å². The second-order valence-corrected chi connectivity index (χ2v) is 9.97. The molecule has 1 amide bonds. The Labute approximate surface area is 164 Å². The summed E-state index contributed by atoms with van der Waals surface area (Å²) in [7, 11) is -3.48. The summed E-state index contributed by atoms with van der Waals surface area (Å²) in [6, 6.07) is 3.24. The minimum Gasteiger partial charge on any atom is -0.444 e. The van der Waals surface area contributed by atoms with Crippen LogP contribution in [0.3, 0.4) is 0 Å². The van der Waals surface area contributed by atoms with Gasteiger partial charge in [0.2, 0.25) is 10.0 Å². The average Bonchev–Trinajstić information content (AvgIpc) is 3.13. The van der Waals surface area contributed by atoms with Crippen LogP contribution in [0.15, 0.2) is 26.7 Å². The number of carbonyl (C=O) groups is 1. The van der Waals surface area contributed by atoms with Gasteiger partial charge in [0.25, 0.3) is 0 Å². The number of amides is 1. The van der Waals surface area contributed by atoms with E-state index in [2.05, 4.69) is 9.71 Å². The molecule has 152 valence electrons. The highest BCUT2D eigenvalue weighted by Gasteiger charge is 2.26. The summed E-state index contributed by atoms with van der Waals surface area (Å²) in [4.78, 5) is 19.8. The van der Waals surface area contributed by atoms with Gasteiger partial charge in [-0.2, -0.15) is 0 Å². The fourth-order valence-electron chi connectivity index (χ4n) is 2.38. The van der Waals surface area contributed by atoms with Gasteiger partial charge < -0.3 is 20.3 Å². The molecule has 27 heavy (non-hydrogen) atoms. The third-order valence-corrected chi connectivity index (χ3v) is 6.55. The van der Waals surface area contributed by atoms with Crippen molar-refractivity contribution >= 4 is 33.4 Å². The molecule has 1 aromatic rings. The van der Waals surface area contributed by atoms with E-state index in [0.717, 1.165) is 11.3 Å². The number of carbonyl (C=O) groups excluding carboxylic acids is 1. The Morgan fingerprint density at radius 1 is 1.30 bits per heavy atom. The van der Waals surface area contributed by atoms with Crippen molar-refractivity contribution in [3.8, 4) is 0 Å². The van der Waals surface area contributed by atoms with E-state index in [0.29, 0.717) is 32.1 Å². The molecule has 0 aromatic carbocycles. The fraction of sp³-hybridized carbons (Fsp3) is 0.625. The number of ether oxygens (including phenoxy) is 1. The molecule has 0 aliphatic carbocycles. The molecule has 0 bridgehead atoms. The van der Waals surface area contributed by atoms with Gasteiger partial charge >= 0.3 is 6.09 Å². The Kier molecular flexibility index (Phi) is 7.06. The molecule has 0 atom stereocenters. The first-order valence-electron chi connectivity index (χ1n) is 8.64. The van der Waals surface area contributed by atoms with Gasteiger partial charge in [-0.05, 0) is 32.2 Å². The van der Waals surface area contributed by atoms with Crippen LogP contribution in [0.2, 0.25) is 0 Å². The second-order valence-electron chi connectivity index (χ2n) is 7.02. The first kappa shape index (κ1) is 21.5. The first-order chi connectivity index (χ1) is 12.6. The van der Waals surface area contributed by atoms with Crippen molar-refractivity contribution in [3.63, 3.8) is 0 Å². The highest BCUT2D eigenvalue weighted by atomic mass is 32.2. The number of nitrogens with zero attached hydrogens (tertiary/aromatic N) is 3. The number of nitrogens with one attached hydrogen (secondary N) is 1. The molecule has 1 aromatic heterocycles. The SMILES string of the molecule is CC(C)(C)OC(=O)N1CCN(C(N)=NCCNS(=O)(=O)c2cccs2)CC1. The number of hydrogen-bond donors (Lipinski definition) is 2. The van der Waals surface area contributed by atoms with Crippen LogP contribution in [-0.4, -0.2) is 75.1 Å². The lowest BCUT2D eigenvalue weighted by molar-refractivity contribution is 0.0186. The molecule has 1 fully saturated rings.